The number of H-pyrrole nitrogens is 1. The van der Waals surface area contributed by atoms with Crippen LogP contribution in [0.4, 0.5) is 0 Å². The first-order valence-electron chi connectivity index (χ1n) is 6.11. The van der Waals surface area contributed by atoms with Crippen molar-refractivity contribution < 1.29 is 0 Å². The third-order valence-electron chi connectivity index (χ3n) is 3.60. The summed E-state index contributed by atoms with van der Waals surface area (Å²) in [4.78, 5) is 27.3. The molecular formula is C13H13BrN2O2. The zero-order valence-corrected chi connectivity index (χ0v) is 11.4. The Hall–Kier alpha value is -1.36. The van der Waals surface area contributed by atoms with Crippen molar-refractivity contribution in [2.24, 2.45) is 0 Å². The summed E-state index contributed by atoms with van der Waals surface area (Å²) >= 11 is 3.35. The number of halogens is 1. The van der Waals surface area contributed by atoms with Gasteiger partial charge in [0.05, 0.1) is 10.9 Å². The summed E-state index contributed by atoms with van der Waals surface area (Å²) in [6.07, 6.45) is 4.02. The fourth-order valence-corrected chi connectivity index (χ4v) is 3.18. The van der Waals surface area contributed by atoms with Crippen LogP contribution in [0.2, 0.25) is 0 Å². The van der Waals surface area contributed by atoms with Crippen molar-refractivity contribution in [2.75, 3.05) is 0 Å². The molecule has 4 nitrogen and oxygen atoms in total. The number of rotatable bonds is 1. The predicted molar refractivity (Wildman–Crippen MR) is 74.0 cm³/mol. The highest BCUT2D eigenvalue weighted by atomic mass is 79.9. The number of nitrogens with zero attached hydrogens (tertiary/aromatic N) is 1. The largest absolute Gasteiger partial charge is 0.329 e. The number of hydrogen-bond donors (Lipinski definition) is 1. The van der Waals surface area contributed by atoms with Crippen LogP contribution < -0.4 is 11.2 Å². The van der Waals surface area contributed by atoms with E-state index in [-0.39, 0.29) is 17.3 Å². The molecule has 0 aliphatic heterocycles. The second-order valence-corrected chi connectivity index (χ2v) is 5.56. The van der Waals surface area contributed by atoms with Crippen LogP contribution >= 0.6 is 15.9 Å². The van der Waals surface area contributed by atoms with Crippen molar-refractivity contribution in [3.05, 3.63) is 43.5 Å². The summed E-state index contributed by atoms with van der Waals surface area (Å²) in [5.41, 5.74) is 0.106. The lowest BCUT2D eigenvalue weighted by Crippen LogP contribution is -2.37. The normalized spacial score (nSPS) is 16.5. The summed E-state index contributed by atoms with van der Waals surface area (Å²) in [7, 11) is 0. The number of aromatic nitrogens is 2. The summed E-state index contributed by atoms with van der Waals surface area (Å²) in [5, 5.41) is 0.566. The molecule has 1 fully saturated rings. The highest BCUT2D eigenvalue weighted by Crippen LogP contribution is 2.27. The van der Waals surface area contributed by atoms with E-state index in [2.05, 4.69) is 20.9 Å². The Bertz CT molecular complexity index is 711. The van der Waals surface area contributed by atoms with Crippen molar-refractivity contribution >= 4 is 26.8 Å². The molecule has 1 aliphatic rings. The topological polar surface area (TPSA) is 54.9 Å². The monoisotopic (exact) mass is 308 g/mol. The third kappa shape index (κ3) is 1.73. The Balaban J connectivity index is 2.34. The molecule has 2 aromatic rings. The van der Waals surface area contributed by atoms with Crippen LogP contribution in [0.3, 0.4) is 0 Å². The predicted octanol–water partition coefficient (Wildman–Crippen LogP) is 2.57. The Morgan fingerprint density at radius 2 is 1.94 bits per heavy atom. The van der Waals surface area contributed by atoms with E-state index in [1.165, 1.54) is 4.57 Å². The fraction of sp³-hybridized carbons (Fsp3) is 0.385. The number of nitrogens with one attached hydrogen (secondary N) is 1. The van der Waals surface area contributed by atoms with E-state index >= 15 is 0 Å². The molecule has 18 heavy (non-hydrogen) atoms. The average molecular weight is 309 g/mol. The SMILES string of the molecule is O=c1[nH]c2c(Br)cccc2c(=O)n1C1CCCC1. The van der Waals surface area contributed by atoms with Gasteiger partial charge >= 0.3 is 5.69 Å². The van der Waals surface area contributed by atoms with Crippen LogP contribution in [0.15, 0.2) is 32.3 Å². The van der Waals surface area contributed by atoms with Gasteiger partial charge in [-0.2, -0.15) is 0 Å². The van der Waals surface area contributed by atoms with Crippen molar-refractivity contribution in [3.63, 3.8) is 0 Å². The third-order valence-corrected chi connectivity index (χ3v) is 4.26. The minimum absolute atomic E-state index is 0.0598. The number of fused-ring (bicyclic) bond motifs is 1. The van der Waals surface area contributed by atoms with E-state index in [4.69, 9.17) is 0 Å². The molecule has 94 valence electrons. The van der Waals surface area contributed by atoms with Crippen LogP contribution in [0.1, 0.15) is 31.7 Å². The van der Waals surface area contributed by atoms with Gasteiger partial charge in [-0.1, -0.05) is 18.9 Å². The maximum atomic E-state index is 12.4. The van der Waals surface area contributed by atoms with E-state index < -0.39 is 0 Å². The lowest BCUT2D eigenvalue weighted by molar-refractivity contribution is 0.483. The van der Waals surface area contributed by atoms with Gasteiger partial charge in [0.1, 0.15) is 0 Å². The van der Waals surface area contributed by atoms with Crippen LogP contribution in [0.5, 0.6) is 0 Å². The molecule has 0 atom stereocenters. The van der Waals surface area contributed by atoms with Crippen molar-refractivity contribution in [2.45, 2.75) is 31.7 Å². The summed E-state index contributed by atoms with van der Waals surface area (Å²) in [6, 6.07) is 5.44. The molecular weight excluding hydrogens is 296 g/mol. The molecule has 1 aromatic heterocycles. The molecule has 5 heteroatoms. The first-order valence-corrected chi connectivity index (χ1v) is 6.91. The average Bonchev–Trinajstić information content (AvgIpc) is 2.84. The van der Waals surface area contributed by atoms with Gasteiger partial charge in [-0.25, -0.2) is 4.79 Å². The van der Waals surface area contributed by atoms with E-state index in [1.807, 2.05) is 12.1 Å². The van der Waals surface area contributed by atoms with E-state index in [0.29, 0.717) is 10.9 Å². The maximum absolute atomic E-state index is 12.4. The second-order valence-electron chi connectivity index (χ2n) is 4.71. The van der Waals surface area contributed by atoms with Crippen molar-refractivity contribution in [1.29, 1.82) is 0 Å². The molecule has 0 amide bonds. The van der Waals surface area contributed by atoms with Crippen LogP contribution in [0.25, 0.3) is 10.9 Å². The van der Waals surface area contributed by atoms with Gasteiger partial charge in [0.25, 0.3) is 5.56 Å². The quantitative estimate of drug-likeness (QED) is 0.880. The molecule has 0 saturated heterocycles. The van der Waals surface area contributed by atoms with Gasteiger partial charge in [0, 0.05) is 10.5 Å². The molecule has 1 heterocycles. The number of hydrogen-bond acceptors (Lipinski definition) is 2. The molecule has 1 saturated carbocycles. The minimum Gasteiger partial charge on any atom is -0.306 e. The smallest absolute Gasteiger partial charge is 0.306 e. The highest BCUT2D eigenvalue weighted by molar-refractivity contribution is 9.10. The van der Waals surface area contributed by atoms with Gasteiger partial charge < -0.3 is 4.98 Å². The molecule has 0 unspecified atom stereocenters. The zero-order chi connectivity index (χ0) is 12.7. The summed E-state index contributed by atoms with van der Waals surface area (Å²) < 4.78 is 2.13. The number of benzene rings is 1. The first kappa shape index (κ1) is 11.7. The van der Waals surface area contributed by atoms with Crippen LogP contribution in [0, 0.1) is 0 Å². The summed E-state index contributed by atoms with van der Waals surface area (Å²) in [6.45, 7) is 0. The van der Waals surface area contributed by atoms with Crippen LogP contribution in [-0.2, 0) is 0 Å². The highest BCUT2D eigenvalue weighted by Gasteiger charge is 2.21. The molecule has 0 bridgehead atoms. The van der Waals surface area contributed by atoms with Gasteiger partial charge in [0.2, 0.25) is 0 Å². The maximum Gasteiger partial charge on any atom is 0.329 e. The van der Waals surface area contributed by atoms with E-state index in [0.717, 1.165) is 30.2 Å². The fourth-order valence-electron chi connectivity index (χ4n) is 2.71. The molecule has 0 spiro atoms. The van der Waals surface area contributed by atoms with Gasteiger partial charge in [-0.15, -0.1) is 0 Å². The van der Waals surface area contributed by atoms with Crippen molar-refractivity contribution in [1.82, 2.24) is 9.55 Å². The summed E-state index contributed by atoms with van der Waals surface area (Å²) in [5.74, 6) is 0. The Morgan fingerprint density at radius 1 is 1.22 bits per heavy atom. The van der Waals surface area contributed by atoms with Crippen molar-refractivity contribution in [3.8, 4) is 0 Å². The molecule has 1 aliphatic carbocycles. The first-order chi connectivity index (χ1) is 8.68. The van der Waals surface area contributed by atoms with Crippen LogP contribution in [-0.4, -0.2) is 9.55 Å². The standard InChI is InChI=1S/C13H13BrN2O2/c14-10-7-3-6-9-11(10)15-13(18)16(12(9)17)8-4-1-2-5-8/h3,6-8H,1-2,4-5H2,(H,15,18). The molecule has 0 radical (unpaired) electrons. The van der Waals surface area contributed by atoms with E-state index in [9.17, 15) is 9.59 Å². The number of para-hydroxylation sites is 1. The minimum atomic E-state index is -0.300. The molecule has 3 rings (SSSR count). The lowest BCUT2D eigenvalue weighted by Gasteiger charge is -2.13. The lowest BCUT2D eigenvalue weighted by atomic mass is 10.2. The van der Waals surface area contributed by atoms with Gasteiger partial charge in [-0.05, 0) is 40.9 Å². The molecule has 1 N–H and O–H groups in total. The Labute approximate surface area is 112 Å². The zero-order valence-electron chi connectivity index (χ0n) is 9.78. The number of aromatic amines is 1. The Morgan fingerprint density at radius 3 is 2.67 bits per heavy atom. The van der Waals surface area contributed by atoms with E-state index in [1.54, 1.807) is 6.07 Å². The van der Waals surface area contributed by atoms with Gasteiger partial charge in [-0.3, -0.25) is 9.36 Å². The van der Waals surface area contributed by atoms with Gasteiger partial charge in [0.15, 0.2) is 0 Å². The molecule has 1 aromatic carbocycles. The second kappa shape index (κ2) is 4.39. The Kier molecular flexibility index (Phi) is 2.86.